The van der Waals surface area contributed by atoms with Crippen LogP contribution in [0.4, 0.5) is 0 Å². The van der Waals surface area contributed by atoms with Crippen molar-refractivity contribution < 1.29 is 19.8 Å². The van der Waals surface area contributed by atoms with E-state index in [2.05, 4.69) is 0 Å². The molecule has 1 aromatic carbocycles. The highest BCUT2D eigenvalue weighted by molar-refractivity contribution is 5.82. The molecule has 154 valence electrons. The number of ketones is 2. The molecule has 2 fully saturated rings. The average molecular weight is 387 g/mol. The summed E-state index contributed by atoms with van der Waals surface area (Å²) in [5, 5.41) is 21.1. The van der Waals surface area contributed by atoms with E-state index in [0.29, 0.717) is 36.8 Å². The number of Topliss-reactive ketones (excluding diaryl/α,β-unsaturated/α-hetero) is 2. The molecule has 2 saturated carbocycles. The smallest absolute Gasteiger partial charge is 0.136 e. The maximum Gasteiger partial charge on any atom is 0.136 e. The summed E-state index contributed by atoms with van der Waals surface area (Å²) < 4.78 is 0. The zero-order chi connectivity index (χ0) is 19.9. The van der Waals surface area contributed by atoms with E-state index in [1.165, 1.54) is 0 Å². The highest BCUT2D eigenvalue weighted by atomic mass is 16.3. The van der Waals surface area contributed by atoms with Gasteiger partial charge in [0.05, 0.1) is 0 Å². The fourth-order valence-electron chi connectivity index (χ4n) is 4.77. The maximum atomic E-state index is 12.4. The first-order valence-corrected chi connectivity index (χ1v) is 11.1. The van der Waals surface area contributed by atoms with Gasteiger partial charge in [-0.1, -0.05) is 38.5 Å². The van der Waals surface area contributed by atoms with Crippen molar-refractivity contribution in [2.24, 2.45) is 11.8 Å². The molecule has 2 atom stereocenters. The molecule has 0 aromatic heterocycles. The number of hydrogen-bond acceptors (Lipinski definition) is 4. The molecule has 28 heavy (non-hydrogen) atoms. The van der Waals surface area contributed by atoms with Crippen molar-refractivity contribution in [3.05, 3.63) is 23.3 Å². The first kappa shape index (κ1) is 20.9. The molecule has 0 bridgehead atoms. The third kappa shape index (κ3) is 5.59. The van der Waals surface area contributed by atoms with Crippen LogP contribution in [0.3, 0.4) is 0 Å². The number of carbonyl (C=O) groups excluding carboxylic acids is 2. The van der Waals surface area contributed by atoms with Gasteiger partial charge in [-0.15, -0.1) is 0 Å². The summed E-state index contributed by atoms with van der Waals surface area (Å²) in [5.41, 5.74) is 1.29. The van der Waals surface area contributed by atoms with Crippen LogP contribution < -0.4 is 0 Å². The van der Waals surface area contributed by atoms with E-state index in [0.717, 1.165) is 64.2 Å². The molecule has 0 unspecified atom stereocenters. The van der Waals surface area contributed by atoms with E-state index in [1.807, 2.05) is 0 Å². The molecule has 1 aromatic rings. The average Bonchev–Trinajstić information content (AvgIpc) is 2.64. The molecular formula is C24H34O4. The van der Waals surface area contributed by atoms with Crippen LogP contribution in [0, 0.1) is 11.8 Å². The van der Waals surface area contributed by atoms with Crippen LogP contribution in [0.15, 0.2) is 12.1 Å². The normalized spacial score (nSPS) is 24.9. The Morgan fingerprint density at radius 1 is 0.643 bits per heavy atom. The highest BCUT2D eigenvalue weighted by Crippen LogP contribution is 2.34. The topological polar surface area (TPSA) is 74.6 Å². The van der Waals surface area contributed by atoms with Crippen LogP contribution in [0.2, 0.25) is 0 Å². The zero-order valence-electron chi connectivity index (χ0n) is 16.9. The van der Waals surface area contributed by atoms with E-state index in [4.69, 9.17) is 0 Å². The first-order valence-electron chi connectivity index (χ1n) is 11.1. The summed E-state index contributed by atoms with van der Waals surface area (Å²) in [6.07, 6.45) is 12.5. The van der Waals surface area contributed by atoms with Crippen molar-refractivity contribution >= 4 is 11.6 Å². The summed E-state index contributed by atoms with van der Waals surface area (Å²) in [7, 11) is 0. The molecule has 0 amide bonds. The van der Waals surface area contributed by atoms with Gasteiger partial charge in [0.15, 0.2) is 0 Å². The fourth-order valence-corrected chi connectivity index (χ4v) is 4.77. The van der Waals surface area contributed by atoms with Crippen molar-refractivity contribution in [1.82, 2.24) is 0 Å². The number of phenolic OH excluding ortho intramolecular Hbond substituents is 2. The lowest BCUT2D eigenvalue weighted by atomic mass is 9.83. The minimum Gasteiger partial charge on any atom is -0.508 e. The van der Waals surface area contributed by atoms with Gasteiger partial charge in [-0.05, 0) is 61.8 Å². The molecule has 0 radical (unpaired) electrons. The summed E-state index contributed by atoms with van der Waals surface area (Å²) in [4.78, 5) is 24.8. The van der Waals surface area contributed by atoms with Crippen molar-refractivity contribution in [2.75, 3.05) is 0 Å². The molecule has 0 heterocycles. The van der Waals surface area contributed by atoms with Gasteiger partial charge in [0, 0.05) is 24.7 Å². The van der Waals surface area contributed by atoms with Gasteiger partial charge in [-0.3, -0.25) is 9.59 Å². The third-order valence-electron chi connectivity index (χ3n) is 6.57. The Morgan fingerprint density at radius 2 is 1.04 bits per heavy atom. The van der Waals surface area contributed by atoms with Crippen molar-refractivity contribution in [1.29, 1.82) is 0 Å². The van der Waals surface area contributed by atoms with Gasteiger partial charge in [-0.25, -0.2) is 0 Å². The van der Waals surface area contributed by atoms with E-state index in [1.54, 1.807) is 12.1 Å². The largest absolute Gasteiger partial charge is 0.508 e. The zero-order valence-corrected chi connectivity index (χ0v) is 16.9. The van der Waals surface area contributed by atoms with Gasteiger partial charge in [-0.2, -0.15) is 0 Å². The number of aromatic hydroxyl groups is 2. The Labute approximate surface area is 168 Å². The van der Waals surface area contributed by atoms with Gasteiger partial charge in [0.2, 0.25) is 0 Å². The lowest BCUT2D eigenvalue weighted by Crippen LogP contribution is -2.19. The molecule has 2 N–H and O–H groups in total. The molecule has 3 rings (SSSR count). The predicted octanol–water partition coefficient (Wildman–Crippen LogP) is 5.26. The predicted molar refractivity (Wildman–Crippen MR) is 110 cm³/mol. The maximum absolute atomic E-state index is 12.4. The fraction of sp³-hybridized carbons (Fsp3) is 0.667. The molecular weight excluding hydrogens is 352 g/mol. The standard InChI is InChI=1S/C24H34O4/c25-21-11-7-3-1-5-9-17(21)13-19-15-24(28)20(16-23(19)27)14-18-10-6-2-4-8-12-22(18)26/h15-18,27-28H,1-14H2/t17-,18+. The van der Waals surface area contributed by atoms with E-state index >= 15 is 0 Å². The summed E-state index contributed by atoms with van der Waals surface area (Å²) >= 11 is 0. The van der Waals surface area contributed by atoms with E-state index in [9.17, 15) is 19.8 Å². The first-order chi connectivity index (χ1) is 13.5. The van der Waals surface area contributed by atoms with E-state index < -0.39 is 0 Å². The van der Waals surface area contributed by atoms with Crippen LogP contribution in [-0.2, 0) is 22.4 Å². The second kappa shape index (κ2) is 10.1. The van der Waals surface area contributed by atoms with Crippen LogP contribution in [0.25, 0.3) is 0 Å². The Morgan fingerprint density at radius 3 is 1.46 bits per heavy atom. The van der Waals surface area contributed by atoms with Gasteiger partial charge in [0.25, 0.3) is 0 Å². The molecule has 2 aliphatic carbocycles. The van der Waals surface area contributed by atoms with Crippen molar-refractivity contribution in [2.45, 2.75) is 89.9 Å². The second-order valence-corrected chi connectivity index (χ2v) is 8.75. The number of carbonyl (C=O) groups is 2. The Balaban J connectivity index is 1.71. The Kier molecular flexibility index (Phi) is 7.52. The minimum atomic E-state index is -0.0661. The summed E-state index contributed by atoms with van der Waals surface area (Å²) in [6, 6.07) is 3.23. The van der Waals surface area contributed by atoms with Gasteiger partial charge in [0.1, 0.15) is 23.1 Å². The number of hydrogen-bond donors (Lipinski definition) is 2. The quantitative estimate of drug-likeness (QED) is 0.692. The number of benzene rings is 1. The number of rotatable bonds is 4. The van der Waals surface area contributed by atoms with Crippen LogP contribution in [0.1, 0.15) is 88.2 Å². The number of phenols is 2. The lowest BCUT2D eigenvalue weighted by molar-refractivity contribution is -0.124. The molecule has 0 saturated heterocycles. The SMILES string of the molecule is O=C1CCCCCC[C@@H]1Cc1cc(O)c(C[C@@H]2CCCCCCC2=O)cc1O. The molecule has 4 nitrogen and oxygen atoms in total. The molecule has 4 heteroatoms. The van der Waals surface area contributed by atoms with Crippen LogP contribution >= 0.6 is 0 Å². The van der Waals surface area contributed by atoms with Gasteiger partial charge >= 0.3 is 0 Å². The second-order valence-electron chi connectivity index (χ2n) is 8.75. The highest BCUT2D eigenvalue weighted by Gasteiger charge is 2.24. The summed E-state index contributed by atoms with van der Waals surface area (Å²) in [5.74, 6) is 0.708. The summed E-state index contributed by atoms with van der Waals surface area (Å²) in [6.45, 7) is 0. The van der Waals surface area contributed by atoms with Crippen molar-refractivity contribution in [3.8, 4) is 11.5 Å². The van der Waals surface area contributed by atoms with Gasteiger partial charge < -0.3 is 10.2 Å². The van der Waals surface area contributed by atoms with Crippen molar-refractivity contribution in [3.63, 3.8) is 0 Å². The van der Waals surface area contributed by atoms with Crippen LogP contribution in [0.5, 0.6) is 11.5 Å². The monoisotopic (exact) mass is 386 g/mol. The minimum absolute atomic E-state index is 0.0661. The van der Waals surface area contributed by atoms with Crippen LogP contribution in [-0.4, -0.2) is 21.8 Å². The third-order valence-corrected chi connectivity index (χ3v) is 6.57. The molecule has 2 aliphatic rings. The molecule has 0 spiro atoms. The Hall–Kier alpha value is -1.84. The van der Waals surface area contributed by atoms with E-state index in [-0.39, 0.29) is 34.9 Å². The lowest BCUT2D eigenvalue weighted by Gasteiger charge is -2.21. The molecule has 0 aliphatic heterocycles. The Bertz CT molecular complexity index is 634.